The molecule has 0 radical (unpaired) electrons. The SMILES string of the molecule is C=CC(=O)N(C)C1CC(C=[N+](C)c2nc(OC[C@@H]3CCCN3C)nc3c2CCN(c2cccc4ccccc24)C3)C1. The zero-order chi connectivity index (χ0) is 28.5. The summed E-state index contributed by atoms with van der Waals surface area (Å²) in [6, 6.07) is 16.2. The average molecular weight is 554 g/mol. The third-order valence-corrected chi connectivity index (χ3v) is 9.19. The summed E-state index contributed by atoms with van der Waals surface area (Å²) in [5.74, 6) is 1.31. The van der Waals surface area contributed by atoms with Crippen molar-refractivity contribution < 1.29 is 14.1 Å². The van der Waals surface area contributed by atoms with Crippen LogP contribution in [0.2, 0.25) is 0 Å². The van der Waals surface area contributed by atoms with Crippen LogP contribution in [0.15, 0.2) is 55.1 Å². The van der Waals surface area contributed by atoms with Gasteiger partial charge in [0.2, 0.25) is 5.91 Å². The summed E-state index contributed by atoms with van der Waals surface area (Å²) in [4.78, 5) is 28.6. The van der Waals surface area contributed by atoms with E-state index in [9.17, 15) is 4.79 Å². The Bertz CT molecular complexity index is 1470. The number of carbonyl (C=O) groups is 1. The van der Waals surface area contributed by atoms with E-state index in [1.165, 1.54) is 34.5 Å². The molecule has 2 aromatic carbocycles. The Morgan fingerprint density at radius 2 is 1.98 bits per heavy atom. The molecule has 1 saturated heterocycles. The van der Waals surface area contributed by atoms with Gasteiger partial charge in [0.1, 0.15) is 6.61 Å². The van der Waals surface area contributed by atoms with Crippen molar-refractivity contribution >= 4 is 34.4 Å². The molecule has 6 rings (SSSR count). The molecule has 0 spiro atoms. The third kappa shape index (κ3) is 5.58. The smallest absolute Gasteiger partial charge is 0.434 e. The molecule has 2 fully saturated rings. The maximum absolute atomic E-state index is 12.0. The van der Waals surface area contributed by atoms with Crippen LogP contribution in [0, 0.1) is 5.92 Å². The van der Waals surface area contributed by atoms with Crippen LogP contribution in [-0.4, -0.2) is 89.4 Å². The lowest BCUT2D eigenvalue weighted by Gasteiger charge is -2.38. The molecule has 8 nitrogen and oxygen atoms in total. The average Bonchev–Trinajstić information content (AvgIpc) is 3.40. The normalized spacial score (nSPS) is 22.8. The van der Waals surface area contributed by atoms with Crippen molar-refractivity contribution in [3.05, 3.63) is 66.4 Å². The van der Waals surface area contributed by atoms with Gasteiger partial charge in [-0.2, -0.15) is 4.98 Å². The minimum atomic E-state index is -0.0166. The minimum absolute atomic E-state index is 0.0166. The number of amides is 1. The second kappa shape index (κ2) is 11.6. The molecular weight excluding hydrogens is 512 g/mol. The molecular formula is C33H41N6O2+. The maximum atomic E-state index is 12.0. The fourth-order valence-electron chi connectivity index (χ4n) is 6.57. The maximum Gasteiger partial charge on any atom is 0.434 e. The molecule has 1 saturated carbocycles. The van der Waals surface area contributed by atoms with Crippen LogP contribution in [0.4, 0.5) is 11.5 Å². The molecule has 3 aliphatic rings. The van der Waals surface area contributed by atoms with Crippen molar-refractivity contribution in [2.24, 2.45) is 5.92 Å². The molecule has 41 heavy (non-hydrogen) atoms. The number of carbonyl (C=O) groups excluding carboxylic acids is 1. The van der Waals surface area contributed by atoms with Crippen LogP contribution in [0.25, 0.3) is 10.8 Å². The molecule has 1 amide bonds. The minimum Gasteiger partial charge on any atom is -0.443 e. The number of nitrogens with zero attached hydrogens (tertiary/aromatic N) is 6. The van der Waals surface area contributed by atoms with Gasteiger partial charge >= 0.3 is 11.8 Å². The summed E-state index contributed by atoms with van der Waals surface area (Å²) in [7, 11) is 6.11. The molecule has 0 bridgehead atoms. The van der Waals surface area contributed by atoms with Crippen LogP contribution < -0.4 is 9.64 Å². The zero-order valence-electron chi connectivity index (χ0n) is 24.5. The largest absolute Gasteiger partial charge is 0.443 e. The number of fused-ring (bicyclic) bond motifs is 2. The lowest BCUT2D eigenvalue weighted by atomic mass is 9.80. The van der Waals surface area contributed by atoms with E-state index in [4.69, 9.17) is 14.7 Å². The predicted molar refractivity (Wildman–Crippen MR) is 163 cm³/mol. The first-order valence-electron chi connectivity index (χ1n) is 14.8. The zero-order valence-corrected chi connectivity index (χ0v) is 24.5. The van der Waals surface area contributed by atoms with E-state index in [1.807, 2.05) is 7.05 Å². The van der Waals surface area contributed by atoms with Gasteiger partial charge in [-0.25, -0.2) is 4.58 Å². The lowest BCUT2D eigenvalue weighted by Crippen LogP contribution is -2.46. The highest BCUT2D eigenvalue weighted by atomic mass is 16.5. The fraction of sp³-hybridized carbons (Fsp3) is 0.455. The highest BCUT2D eigenvalue weighted by Crippen LogP contribution is 2.35. The van der Waals surface area contributed by atoms with Crippen LogP contribution >= 0.6 is 0 Å². The molecule has 1 aliphatic carbocycles. The summed E-state index contributed by atoms with van der Waals surface area (Å²) in [6.45, 7) is 6.95. The van der Waals surface area contributed by atoms with E-state index < -0.39 is 0 Å². The number of likely N-dealkylation sites (N-methyl/N-ethyl adjacent to an activating group) is 2. The summed E-state index contributed by atoms with van der Waals surface area (Å²) >= 11 is 0. The van der Waals surface area contributed by atoms with Crippen molar-refractivity contribution in [2.75, 3.05) is 45.7 Å². The summed E-state index contributed by atoms with van der Waals surface area (Å²) in [5, 5.41) is 2.51. The van der Waals surface area contributed by atoms with Gasteiger partial charge in [0, 0.05) is 54.1 Å². The van der Waals surface area contributed by atoms with E-state index in [-0.39, 0.29) is 11.9 Å². The molecule has 1 atom stereocenters. The van der Waals surface area contributed by atoms with Crippen LogP contribution in [0.5, 0.6) is 6.01 Å². The van der Waals surface area contributed by atoms with Crippen molar-refractivity contribution in [3.63, 3.8) is 0 Å². The standard InChI is InChI=1S/C33H41N6O2/c1-5-31(40)38(4)26-18-23(19-26)20-37(3)32-28-15-17-39(30-14-8-11-24-10-6-7-13-27(24)30)21-29(28)34-33(35-32)41-22-25-12-9-16-36(25)2/h5-8,10-11,13-14,20,23,25-26H,1,9,12,15-19,21-22H2,2-4H3/q+1/t23?,25-,26?/m0/s1. The first-order chi connectivity index (χ1) is 19.9. The third-order valence-electron chi connectivity index (χ3n) is 9.19. The second-order valence-electron chi connectivity index (χ2n) is 11.8. The highest BCUT2D eigenvalue weighted by molar-refractivity contribution is 5.94. The van der Waals surface area contributed by atoms with Crippen LogP contribution in [0.3, 0.4) is 0 Å². The molecule has 214 valence electrons. The van der Waals surface area contributed by atoms with Crippen molar-refractivity contribution in [2.45, 2.75) is 50.7 Å². The number of aromatic nitrogens is 2. The van der Waals surface area contributed by atoms with Gasteiger partial charge in [0.15, 0.2) is 0 Å². The molecule has 8 heteroatoms. The molecule has 0 N–H and O–H groups in total. The van der Waals surface area contributed by atoms with E-state index in [0.29, 0.717) is 31.1 Å². The van der Waals surface area contributed by atoms with E-state index in [2.05, 4.69) is 83.7 Å². The lowest BCUT2D eigenvalue weighted by molar-refractivity contribution is -0.408. The van der Waals surface area contributed by atoms with Crippen LogP contribution in [-0.2, 0) is 17.8 Å². The Kier molecular flexibility index (Phi) is 7.75. The number of benzene rings is 2. The van der Waals surface area contributed by atoms with Crippen molar-refractivity contribution in [3.8, 4) is 6.01 Å². The molecule has 3 aromatic rings. The number of rotatable bonds is 8. The van der Waals surface area contributed by atoms with E-state index in [1.54, 1.807) is 4.90 Å². The van der Waals surface area contributed by atoms with E-state index >= 15 is 0 Å². The van der Waals surface area contributed by atoms with Crippen molar-refractivity contribution in [1.82, 2.24) is 19.8 Å². The van der Waals surface area contributed by atoms with Gasteiger partial charge in [0.25, 0.3) is 0 Å². The Hall–Kier alpha value is -3.78. The molecule has 3 heterocycles. The van der Waals surface area contributed by atoms with Gasteiger partial charge in [0.05, 0.1) is 31.1 Å². The van der Waals surface area contributed by atoms with Gasteiger partial charge in [-0.15, -0.1) is 0 Å². The number of ether oxygens (including phenoxy) is 1. The van der Waals surface area contributed by atoms with Gasteiger partial charge < -0.3 is 19.4 Å². The topological polar surface area (TPSA) is 64.8 Å². The molecule has 0 unspecified atom stereocenters. The summed E-state index contributed by atoms with van der Waals surface area (Å²) < 4.78 is 8.45. The Morgan fingerprint density at radius 3 is 2.76 bits per heavy atom. The first kappa shape index (κ1) is 27.4. The Labute approximate surface area is 242 Å². The number of likely N-dealkylation sites (tertiary alicyclic amines) is 1. The van der Waals surface area contributed by atoms with Gasteiger partial charge in [-0.3, -0.25) is 4.79 Å². The summed E-state index contributed by atoms with van der Waals surface area (Å²) in [6.07, 6.45) is 8.75. The van der Waals surface area contributed by atoms with Gasteiger partial charge in [-0.05, 0) is 56.8 Å². The first-order valence-corrected chi connectivity index (χ1v) is 14.8. The highest BCUT2D eigenvalue weighted by Gasteiger charge is 2.35. The summed E-state index contributed by atoms with van der Waals surface area (Å²) in [5.41, 5.74) is 3.47. The number of hydrogen-bond donors (Lipinski definition) is 0. The van der Waals surface area contributed by atoms with Gasteiger partial charge in [-0.1, -0.05) is 43.0 Å². The predicted octanol–water partition coefficient (Wildman–Crippen LogP) is 4.43. The number of anilines is 1. The quantitative estimate of drug-likeness (QED) is 0.234. The van der Waals surface area contributed by atoms with E-state index in [0.717, 1.165) is 50.3 Å². The second-order valence-corrected chi connectivity index (χ2v) is 11.8. The fourth-order valence-corrected chi connectivity index (χ4v) is 6.57. The Morgan fingerprint density at radius 1 is 1.17 bits per heavy atom. The monoisotopic (exact) mass is 553 g/mol. The molecule has 1 aromatic heterocycles. The molecule has 2 aliphatic heterocycles. The number of hydrogen-bond acceptors (Lipinski definition) is 6. The van der Waals surface area contributed by atoms with Crippen molar-refractivity contribution in [1.29, 1.82) is 0 Å². The van der Waals surface area contributed by atoms with Crippen LogP contribution in [0.1, 0.15) is 36.9 Å². The Balaban J connectivity index is 1.27.